The van der Waals surface area contributed by atoms with Crippen LogP contribution in [0.15, 0.2) is 46.8 Å². The Labute approximate surface area is 146 Å². The Hall–Kier alpha value is -2.87. The average molecular weight is 357 g/mol. The predicted octanol–water partition coefficient (Wildman–Crippen LogP) is 1.41. The van der Waals surface area contributed by atoms with Crippen molar-refractivity contribution in [1.29, 1.82) is 0 Å². The van der Waals surface area contributed by atoms with Crippen LogP contribution in [-0.2, 0) is 11.3 Å². The zero-order valence-corrected chi connectivity index (χ0v) is 14.0. The number of amides is 1. The summed E-state index contributed by atoms with van der Waals surface area (Å²) in [5, 5.41) is 4.58. The molecule has 0 radical (unpaired) electrons. The van der Waals surface area contributed by atoms with Gasteiger partial charge in [-0.3, -0.25) is 14.2 Å². The molecule has 0 spiro atoms. The van der Waals surface area contributed by atoms with Gasteiger partial charge in [-0.1, -0.05) is 12.1 Å². The Bertz CT molecular complexity index is 981. The maximum atomic E-state index is 12.3. The SMILES string of the molecule is O=C(Cn1cnc2ccsc2c1=O)NC[C@H]1COc2ccccc2O1. The largest absolute Gasteiger partial charge is 0.486 e. The highest BCUT2D eigenvalue weighted by atomic mass is 32.1. The number of nitrogens with zero attached hydrogens (tertiary/aromatic N) is 2. The van der Waals surface area contributed by atoms with Gasteiger partial charge in [0.05, 0.1) is 18.4 Å². The van der Waals surface area contributed by atoms with Crippen LogP contribution in [0.3, 0.4) is 0 Å². The van der Waals surface area contributed by atoms with Crippen LogP contribution in [0.5, 0.6) is 11.5 Å². The maximum Gasteiger partial charge on any atom is 0.271 e. The summed E-state index contributed by atoms with van der Waals surface area (Å²) in [4.78, 5) is 28.6. The molecule has 4 rings (SSSR count). The van der Waals surface area contributed by atoms with E-state index in [4.69, 9.17) is 9.47 Å². The topological polar surface area (TPSA) is 82.5 Å². The summed E-state index contributed by atoms with van der Waals surface area (Å²) in [6.45, 7) is 0.584. The number of aromatic nitrogens is 2. The number of hydrogen-bond donors (Lipinski definition) is 1. The summed E-state index contributed by atoms with van der Waals surface area (Å²) in [6.07, 6.45) is 1.13. The monoisotopic (exact) mass is 357 g/mol. The van der Waals surface area contributed by atoms with E-state index in [9.17, 15) is 9.59 Å². The smallest absolute Gasteiger partial charge is 0.271 e. The second-order valence-corrected chi connectivity index (χ2v) is 6.53. The van der Waals surface area contributed by atoms with Crippen LogP contribution in [-0.4, -0.2) is 34.7 Å². The minimum atomic E-state index is -0.276. The summed E-state index contributed by atoms with van der Waals surface area (Å²) in [7, 11) is 0. The van der Waals surface area contributed by atoms with Crippen molar-refractivity contribution in [2.75, 3.05) is 13.2 Å². The molecular formula is C17H15N3O4S. The van der Waals surface area contributed by atoms with Crippen molar-refractivity contribution in [3.05, 3.63) is 52.4 Å². The zero-order valence-electron chi connectivity index (χ0n) is 13.2. The van der Waals surface area contributed by atoms with Gasteiger partial charge < -0.3 is 14.8 Å². The third-order valence-corrected chi connectivity index (χ3v) is 4.74. The van der Waals surface area contributed by atoms with Crippen molar-refractivity contribution < 1.29 is 14.3 Å². The molecule has 1 N–H and O–H groups in total. The summed E-state index contributed by atoms with van der Waals surface area (Å²) in [5.74, 6) is 1.09. The zero-order chi connectivity index (χ0) is 17.2. The first-order valence-corrected chi connectivity index (χ1v) is 8.66. The second-order valence-electron chi connectivity index (χ2n) is 5.61. The van der Waals surface area contributed by atoms with Crippen molar-refractivity contribution >= 4 is 27.5 Å². The van der Waals surface area contributed by atoms with E-state index in [0.717, 1.165) is 0 Å². The van der Waals surface area contributed by atoms with E-state index in [1.54, 1.807) is 6.07 Å². The fraction of sp³-hybridized carbons (Fsp3) is 0.235. The number of para-hydroxylation sites is 2. The molecule has 1 amide bonds. The summed E-state index contributed by atoms with van der Waals surface area (Å²) in [5.41, 5.74) is 0.444. The Morgan fingerprint density at radius 3 is 3.04 bits per heavy atom. The van der Waals surface area contributed by atoms with Crippen LogP contribution in [0.4, 0.5) is 0 Å². The average Bonchev–Trinajstić information content (AvgIpc) is 3.12. The number of nitrogens with one attached hydrogen (secondary N) is 1. The summed E-state index contributed by atoms with van der Waals surface area (Å²) in [6, 6.07) is 9.18. The Kier molecular flexibility index (Phi) is 4.10. The number of thiophene rings is 1. The van der Waals surface area contributed by atoms with E-state index < -0.39 is 0 Å². The van der Waals surface area contributed by atoms with Gasteiger partial charge >= 0.3 is 0 Å². The van der Waals surface area contributed by atoms with Gasteiger partial charge in [-0.05, 0) is 23.6 Å². The molecule has 0 fully saturated rings. The molecule has 1 atom stereocenters. The molecule has 25 heavy (non-hydrogen) atoms. The Morgan fingerprint density at radius 2 is 2.16 bits per heavy atom. The molecule has 128 valence electrons. The highest BCUT2D eigenvalue weighted by molar-refractivity contribution is 7.17. The molecule has 3 aromatic rings. The van der Waals surface area contributed by atoms with E-state index in [0.29, 0.717) is 34.9 Å². The van der Waals surface area contributed by atoms with Gasteiger partial charge in [0.2, 0.25) is 5.91 Å². The van der Waals surface area contributed by atoms with Gasteiger partial charge in [0.1, 0.15) is 24.0 Å². The number of hydrogen-bond acceptors (Lipinski definition) is 6. The van der Waals surface area contributed by atoms with E-state index in [2.05, 4.69) is 10.3 Å². The highest BCUT2D eigenvalue weighted by Crippen LogP contribution is 2.30. The van der Waals surface area contributed by atoms with Crippen LogP contribution in [0.2, 0.25) is 0 Å². The minimum Gasteiger partial charge on any atom is -0.486 e. The molecular weight excluding hydrogens is 342 g/mol. The molecule has 1 aliphatic heterocycles. The van der Waals surface area contributed by atoms with Crippen molar-refractivity contribution in [3.8, 4) is 11.5 Å². The van der Waals surface area contributed by atoms with Crippen LogP contribution >= 0.6 is 11.3 Å². The lowest BCUT2D eigenvalue weighted by Gasteiger charge is -2.26. The number of carbonyl (C=O) groups excluding carboxylic acids is 1. The predicted molar refractivity (Wildman–Crippen MR) is 93.2 cm³/mol. The van der Waals surface area contributed by atoms with Crippen LogP contribution in [0, 0.1) is 0 Å². The quantitative estimate of drug-likeness (QED) is 0.763. The molecule has 0 saturated heterocycles. The second kappa shape index (κ2) is 6.56. The molecule has 0 unspecified atom stereocenters. The first-order valence-electron chi connectivity index (χ1n) is 7.78. The minimum absolute atomic E-state index is 0.0795. The fourth-order valence-corrected chi connectivity index (χ4v) is 3.39. The molecule has 7 nitrogen and oxygen atoms in total. The number of carbonyl (C=O) groups is 1. The standard InChI is InChI=1S/C17H15N3O4S/c21-15(8-20-10-19-12-5-6-25-16(12)17(20)22)18-7-11-9-23-13-3-1-2-4-14(13)24-11/h1-6,10-11H,7-9H2,(H,18,21)/t11-/m0/s1. The molecule has 3 heterocycles. The van der Waals surface area contributed by atoms with Gasteiger partial charge in [-0.25, -0.2) is 4.98 Å². The van der Waals surface area contributed by atoms with E-state index >= 15 is 0 Å². The lowest BCUT2D eigenvalue weighted by atomic mass is 10.2. The van der Waals surface area contributed by atoms with Gasteiger partial charge in [-0.2, -0.15) is 0 Å². The van der Waals surface area contributed by atoms with Gasteiger partial charge in [0.25, 0.3) is 5.56 Å². The lowest BCUT2D eigenvalue weighted by Crippen LogP contribution is -2.42. The van der Waals surface area contributed by atoms with Crippen molar-refractivity contribution in [2.45, 2.75) is 12.6 Å². The fourth-order valence-electron chi connectivity index (χ4n) is 2.59. The molecule has 1 aromatic carbocycles. The maximum absolute atomic E-state index is 12.3. The van der Waals surface area contributed by atoms with Crippen LogP contribution in [0.1, 0.15) is 0 Å². The molecule has 0 aliphatic carbocycles. The number of benzene rings is 1. The third-order valence-electron chi connectivity index (χ3n) is 3.84. The first-order chi connectivity index (χ1) is 12.2. The Balaban J connectivity index is 1.36. The normalized spacial score (nSPS) is 15.9. The molecule has 1 aliphatic rings. The van der Waals surface area contributed by atoms with Gasteiger partial charge in [0.15, 0.2) is 11.5 Å². The number of rotatable bonds is 4. The molecule has 0 bridgehead atoms. The van der Waals surface area contributed by atoms with Crippen molar-refractivity contribution in [2.24, 2.45) is 0 Å². The van der Waals surface area contributed by atoms with E-state index in [1.165, 1.54) is 22.2 Å². The number of ether oxygens (including phenoxy) is 2. The number of fused-ring (bicyclic) bond motifs is 2. The summed E-state index contributed by atoms with van der Waals surface area (Å²) >= 11 is 1.32. The molecule has 0 saturated carbocycles. The Morgan fingerprint density at radius 1 is 1.32 bits per heavy atom. The van der Waals surface area contributed by atoms with Crippen LogP contribution < -0.4 is 20.3 Å². The van der Waals surface area contributed by atoms with Crippen LogP contribution in [0.25, 0.3) is 10.2 Å². The molecule has 8 heteroatoms. The van der Waals surface area contributed by atoms with E-state index in [-0.39, 0.29) is 24.1 Å². The van der Waals surface area contributed by atoms with Gasteiger partial charge in [0, 0.05) is 0 Å². The van der Waals surface area contributed by atoms with E-state index in [1.807, 2.05) is 29.6 Å². The summed E-state index contributed by atoms with van der Waals surface area (Å²) < 4.78 is 13.2. The third kappa shape index (κ3) is 3.20. The lowest BCUT2D eigenvalue weighted by molar-refractivity contribution is -0.122. The van der Waals surface area contributed by atoms with Crippen molar-refractivity contribution in [1.82, 2.24) is 14.9 Å². The first kappa shape index (κ1) is 15.6. The molecule has 2 aromatic heterocycles. The van der Waals surface area contributed by atoms with Crippen molar-refractivity contribution in [3.63, 3.8) is 0 Å². The highest BCUT2D eigenvalue weighted by Gasteiger charge is 2.21. The van der Waals surface area contributed by atoms with Gasteiger partial charge in [-0.15, -0.1) is 11.3 Å².